The molecule has 0 aliphatic carbocycles. The van der Waals surface area contributed by atoms with Crippen LogP contribution in [0.3, 0.4) is 0 Å². The highest BCUT2D eigenvalue weighted by Crippen LogP contribution is 2.20. The molecule has 0 radical (unpaired) electrons. The first-order valence-corrected chi connectivity index (χ1v) is 7.31. The lowest BCUT2D eigenvalue weighted by Crippen LogP contribution is -2.27. The summed E-state index contributed by atoms with van der Waals surface area (Å²) in [6, 6.07) is 1.55. The van der Waals surface area contributed by atoms with Crippen LogP contribution >= 0.6 is 0 Å². The lowest BCUT2D eigenvalue weighted by molar-refractivity contribution is 0.374. The molecule has 0 aliphatic rings. The minimum absolute atomic E-state index is 0.111. The third-order valence-corrected chi connectivity index (χ3v) is 3.97. The van der Waals surface area contributed by atoms with E-state index in [1.807, 2.05) is 0 Å². The summed E-state index contributed by atoms with van der Waals surface area (Å²) in [6.07, 6.45) is 0.118. The van der Waals surface area contributed by atoms with Crippen molar-refractivity contribution in [1.82, 2.24) is 14.9 Å². The Labute approximate surface area is 119 Å². The van der Waals surface area contributed by atoms with Crippen molar-refractivity contribution in [1.29, 1.82) is 0 Å². The molecule has 3 N–H and O–H groups in total. The second kappa shape index (κ2) is 5.74. The Morgan fingerprint density at radius 2 is 2.10 bits per heavy atom. The van der Waals surface area contributed by atoms with Crippen LogP contribution in [-0.2, 0) is 16.4 Å². The number of nitrogens with one attached hydrogen (secondary N) is 1. The highest BCUT2D eigenvalue weighted by Gasteiger charge is 2.22. The van der Waals surface area contributed by atoms with Crippen molar-refractivity contribution in [2.45, 2.75) is 18.2 Å². The monoisotopic (exact) mass is 318 g/mol. The summed E-state index contributed by atoms with van der Waals surface area (Å²) in [6.45, 7) is 1.50. The van der Waals surface area contributed by atoms with Crippen LogP contribution in [0.4, 0.5) is 14.5 Å². The summed E-state index contributed by atoms with van der Waals surface area (Å²) in [5, 5.41) is 3.54. The highest BCUT2D eigenvalue weighted by molar-refractivity contribution is 7.89. The molecule has 0 amide bonds. The number of halogens is 2. The van der Waals surface area contributed by atoms with E-state index in [1.54, 1.807) is 6.92 Å². The van der Waals surface area contributed by atoms with E-state index in [-0.39, 0.29) is 24.5 Å². The number of hydrogen-bond donors (Lipinski definition) is 2. The lowest BCUT2D eigenvalue weighted by Gasteiger charge is -2.08. The van der Waals surface area contributed by atoms with Gasteiger partial charge in [-0.05, 0) is 19.1 Å². The van der Waals surface area contributed by atoms with E-state index in [2.05, 4.69) is 14.9 Å². The average molecular weight is 318 g/mol. The van der Waals surface area contributed by atoms with E-state index < -0.39 is 26.6 Å². The number of benzene rings is 1. The van der Waals surface area contributed by atoms with Crippen molar-refractivity contribution in [2.24, 2.45) is 0 Å². The predicted octanol–water partition coefficient (Wildman–Crippen LogP) is 0.759. The first-order chi connectivity index (χ1) is 9.79. The molecular weight excluding hydrogens is 306 g/mol. The van der Waals surface area contributed by atoms with Gasteiger partial charge in [0.15, 0.2) is 17.5 Å². The largest absolute Gasteiger partial charge is 0.399 e. The molecule has 7 nitrogen and oxygen atoms in total. The molecule has 21 heavy (non-hydrogen) atoms. The van der Waals surface area contributed by atoms with Crippen LogP contribution < -0.4 is 10.5 Å². The number of nitrogens with zero attached hydrogens (tertiary/aromatic N) is 2. The van der Waals surface area contributed by atoms with Gasteiger partial charge in [-0.3, -0.25) is 0 Å². The van der Waals surface area contributed by atoms with Gasteiger partial charge in [-0.2, -0.15) is 4.98 Å². The van der Waals surface area contributed by atoms with Crippen LogP contribution in [-0.4, -0.2) is 25.1 Å². The van der Waals surface area contributed by atoms with E-state index in [0.717, 1.165) is 6.07 Å². The van der Waals surface area contributed by atoms with Gasteiger partial charge >= 0.3 is 0 Å². The molecule has 0 aliphatic heterocycles. The Morgan fingerprint density at radius 3 is 2.71 bits per heavy atom. The lowest BCUT2D eigenvalue weighted by atomic mass is 10.3. The molecule has 0 bridgehead atoms. The average Bonchev–Trinajstić information content (AvgIpc) is 2.79. The molecule has 0 spiro atoms. The van der Waals surface area contributed by atoms with Gasteiger partial charge in [0.05, 0.1) is 0 Å². The summed E-state index contributed by atoms with van der Waals surface area (Å²) in [5.41, 5.74) is 5.12. The maximum absolute atomic E-state index is 13.5. The van der Waals surface area contributed by atoms with Gasteiger partial charge in [0.1, 0.15) is 4.90 Å². The summed E-state index contributed by atoms with van der Waals surface area (Å²) in [7, 11) is -4.23. The van der Waals surface area contributed by atoms with Gasteiger partial charge in [0.25, 0.3) is 0 Å². The molecule has 2 aromatic rings. The zero-order valence-corrected chi connectivity index (χ0v) is 11.7. The molecule has 0 saturated carbocycles. The predicted molar refractivity (Wildman–Crippen MR) is 68.7 cm³/mol. The number of sulfonamides is 1. The number of aryl methyl sites for hydroxylation is 1. The number of nitrogen functional groups attached to an aromatic ring is 1. The van der Waals surface area contributed by atoms with Crippen molar-refractivity contribution >= 4 is 15.7 Å². The summed E-state index contributed by atoms with van der Waals surface area (Å²) < 4.78 is 57.5. The summed E-state index contributed by atoms with van der Waals surface area (Å²) >= 11 is 0. The Bertz CT molecular complexity index is 761. The third-order valence-electron chi connectivity index (χ3n) is 2.51. The van der Waals surface area contributed by atoms with Crippen LogP contribution in [0.1, 0.15) is 11.7 Å². The second-order valence-electron chi connectivity index (χ2n) is 4.20. The molecule has 0 atom stereocenters. The number of rotatable bonds is 5. The molecule has 0 saturated heterocycles. The van der Waals surface area contributed by atoms with Crippen LogP contribution in [0.2, 0.25) is 0 Å². The minimum Gasteiger partial charge on any atom is -0.399 e. The van der Waals surface area contributed by atoms with Gasteiger partial charge in [0, 0.05) is 18.7 Å². The first kappa shape index (κ1) is 15.3. The zero-order chi connectivity index (χ0) is 15.6. The van der Waals surface area contributed by atoms with Crippen LogP contribution in [0, 0.1) is 18.6 Å². The van der Waals surface area contributed by atoms with E-state index in [1.165, 1.54) is 0 Å². The SMILES string of the molecule is Cc1noc(CCNS(=O)(=O)c2cc(N)cc(F)c2F)n1. The molecule has 1 aromatic carbocycles. The van der Waals surface area contributed by atoms with Gasteiger partial charge in [-0.15, -0.1) is 0 Å². The number of nitrogens with two attached hydrogens (primary N) is 1. The first-order valence-electron chi connectivity index (χ1n) is 5.83. The molecule has 0 unspecified atom stereocenters. The molecule has 114 valence electrons. The van der Waals surface area contributed by atoms with Crippen molar-refractivity contribution in [3.63, 3.8) is 0 Å². The smallest absolute Gasteiger partial charge is 0.243 e. The minimum atomic E-state index is -4.23. The Morgan fingerprint density at radius 1 is 1.38 bits per heavy atom. The van der Waals surface area contributed by atoms with Crippen molar-refractivity contribution in [3.8, 4) is 0 Å². The topological polar surface area (TPSA) is 111 Å². The fourth-order valence-corrected chi connectivity index (χ4v) is 2.74. The molecule has 2 rings (SSSR count). The maximum atomic E-state index is 13.5. The van der Waals surface area contributed by atoms with Crippen molar-refractivity contribution in [3.05, 3.63) is 35.5 Å². The van der Waals surface area contributed by atoms with Crippen molar-refractivity contribution in [2.75, 3.05) is 12.3 Å². The number of anilines is 1. The quantitative estimate of drug-likeness (QED) is 0.787. The van der Waals surface area contributed by atoms with Gasteiger partial charge in [0.2, 0.25) is 15.9 Å². The van der Waals surface area contributed by atoms with Crippen molar-refractivity contribution < 1.29 is 21.7 Å². The van der Waals surface area contributed by atoms with E-state index in [0.29, 0.717) is 11.9 Å². The Kier molecular flexibility index (Phi) is 4.19. The highest BCUT2D eigenvalue weighted by atomic mass is 32.2. The molecule has 0 fully saturated rings. The molecular formula is C11H12F2N4O3S. The van der Waals surface area contributed by atoms with Gasteiger partial charge in [-0.25, -0.2) is 21.9 Å². The van der Waals surface area contributed by atoms with E-state index in [4.69, 9.17) is 10.3 Å². The normalized spacial score (nSPS) is 11.8. The Balaban J connectivity index is 2.12. The third kappa shape index (κ3) is 3.52. The Hall–Kier alpha value is -2.07. The van der Waals surface area contributed by atoms with E-state index in [9.17, 15) is 17.2 Å². The second-order valence-corrected chi connectivity index (χ2v) is 5.93. The van der Waals surface area contributed by atoms with Crippen LogP contribution in [0.5, 0.6) is 0 Å². The van der Waals surface area contributed by atoms with E-state index >= 15 is 0 Å². The summed E-state index contributed by atoms with van der Waals surface area (Å²) in [5.74, 6) is -2.17. The maximum Gasteiger partial charge on any atom is 0.243 e. The molecule has 10 heteroatoms. The summed E-state index contributed by atoms with van der Waals surface area (Å²) in [4.78, 5) is 3.04. The fraction of sp³-hybridized carbons (Fsp3) is 0.273. The fourth-order valence-electron chi connectivity index (χ4n) is 1.59. The number of hydrogen-bond acceptors (Lipinski definition) is 6. The van der Waals surface area contributed by atoms with Gasteiger partial charge in [-0.1, -0.05) is 5.16 Å². The molecule has 1 heterocycles. The van der Waals surface area contributed by atoms with Gasteiger partial charge < -0.3 is 10.3 Å². The standard InChI is InChI=1S/C11H12F2N4O3S/c1-6-16-10(20-17-6)2-3-15-21(18,19)9-5-7(14)4-8(12)11(9)13/h4-5,15H,2-3,14H2,1H3. The van der Waals surface area contributed by atoms with Crippen LogP contribution in [0.25, 0.3) is 0 Å². The number of aromatic nitrogens is 2. The van der Waals surface area contributed by atoms with Crippen LogP contribution in [0.15, 0.2) is 21.6 Å². The zero-order valence-electron chi connectivity index (χ0n) is 10.9. The molecule has 1 aromatic heterocycles.